The van der Waals surface area contributed by atoms with Crippen LogP contribution in [0.3, 0.4) is 0 Å². The molecule has 0 aliphatic carbocycles. The first-order chi connectivity index (χ1) is 8.90. The lowest BCUT2D eigenvalue weighted by Crippen LogP contribution is -2.13. The van der Waals surface area contributed by atoms with Crippen molar-refractivity contribution in [1.82, 2.24) is 5.32 Å². The second-order valence-electron chi connectivity index (χ2n) is 3.74. The highest BCUT2D eigenvalue weighted by atomic mass is 16.5. The quantitative estimate of drug-likeness (QED) is 0.845. The molecule has 1 aromatic heterocycles. The fourth-order valence-corrected chi connectivity index (χ4v) is 1.63. The molecular weight excluding hydrogens is 228 g/mol. The fourth-order valence-electron chi connectivity index (χ4n) is 1.63. The second-order valence-corrected chi connectivity index (χ2v) is 3.74. The smallest absolute Gasteiger partial charge is 0.174 e. The molecule has 0 saturated carbocycles. The minimum absolute atomic E-state index is 0.0647. The Morgan fingerprint density at radius 2 is 2.06 bits per heavy atom. The van der Waals surface area contributed by atoms with Crippen LogP contribution >= 0.6 is 0 Å². The van der Waals surface area contributed by atoms with Gasteiger partial charge in [-0.1, -0.05) is 18.2 Å². The Hall–Kier alpha value is -2.25. The summed E-state index contributed by atoms with van der Waals surface area (Å²) in [6.07, 6.45) is 1.65. The van der Waals surface area contributed by atoms with E-state index in [0.717, 1.165) is 17.1 Å². The van der Waals surface area contributed by atoms with Crippen LogP contribution in [0.2, 0.25) is 0 Å². The first-order valence-electron chi connectivity index (χ1n) is 5.71. The number of furan rings is 1. The molecule has 0 spiro atoms. The van der Waals surface area contributed by atoms with Gasteiger partial charge in [-0.05, 0) is 18.2 Å². The highest BCUT2D eigenvalue weighted by Gasteiger charge is 2.02. The fraction of sp³-hybridized carbons (Fsp3) is 0.214. The van der Waals surface area contributed by atoms with Gasteiger partial charge >= 0.3 is 0 Å². The second kappa shape index (κ2) is 6.48. The van der Waals surface area contributed by atoms with Gasteiger partial charge in [-0.3, -0.25) is 0 Å². The summed E-state index contributed by atoms with van der Waals surface area (Å²) in [6.45, 7) is 1.40. The number of hydrogen-bond donors (Lipinski definition) is 1. The van der Waals surface area contributed by atoms with Gasteiger partial charge in [0, 0.05) is 12.1 Å². The maximum Gasteiger partial charge on any atom is 0.174 e. The minimum atomic E-state index is 0.0647. The van der Waals surface area contributed by atoms with Crippen molar-refractivity contribution in [2.75, 3.05) is 6.61 Å². The molecule has 0 aliphatic rings. The zero-order valence-corrected chi connectivity index (χ0v) is 9.93. The Morgan fingerprint density at radius 3 is 2.83 bits per heavy atom. The Bertz CT molecular complexity index is 515. The summed E-state index contributed by atoms with van der Waals surface area (Å²) in [7, 11) is 0. The third-order valence-corrected chi connectivity index (χ3v) is 2.46. The van der Waals surface area contributed by atoms with Crippen molar-refractivity contribution < 1.29 is 9.15 Å². The Labute approximate surface area is 106 Å². The number of benzene rings is 1. The largest absolute Gasteiger partial charge is 0.478 e. The lowest BCUT2D eigenvalue weighted by molar-refractivity contribution is 0.362. The molecule has 0 unspecified atom stereocenters. The molecule has 0 bridgehead atoms. The maximum atomic E-state index is 8.52. The standard InChI is InChI=1S/C14H14N2O2/c15-7-9-18-14-6-2-1-4-12(14)10-16-11-13-5-3-8-17-13/h1-6,8,16H,9-11H2. The van der Waals surface area contributed by atoms with Gasteiger partial charge < -0.3 is 14.5 Å². The zero-order chi connectivity index (χ0) is 12.6. The average Bonchev–Trinajstić information content (AvgIpc) is 2.91. The van der Waals surface area contributed by atoms with Gasteiger partial charge in [0.1, 0.15) is 17.6 Å². The third kappa shape index (κ3) is 3.37. The first kappa shape index (κ1) is 12.2. The number of nitrogens with one attached hydrogen (secondary N) is 1. The van der Waals surface area contributed by atoms with Crippen LogP contribution in [0.1, 0.15) is 11.3 Å². The van der Waals surface area contributed by atoms with E-state index in [1.54, 1.807) is 6.26 Å². The van der Waals surface area contributed by atoms with E-state index in [4.69, 9.17) is 14.4 Å². The van der Waals surface area contributed by atoms with Crippen LogP contribution in [-0.2, 0) is 13.1 Å². The topological polar surface area (TPSA) is 58.2 Å². The molecular formula is C14H14N2O2. The van der Waals surface area contributed by atoms with E-state index < -0.39 is 0 Å². The van der Waals surface area contributed by atoms with Crippen molar-refractivity contribution in [2.45, 2.75) is 13.1 Å². The van der Waals surface area contributed by atoms with E-state index in [9.17, 15) is 0 Å². The molecule has 4 heteroatoms. The molecule has 1 heterocycles. The van der Waals surface area contributed by atoms with E-state index in [2.05, 4.69) is 5.32 Å². The van der Waals surface area contributed by atoms with Crippen LogP contribution < -0.4 is 10.1 Å². The molecule has 0 amide bonds. The van der Waals surface area contributed by atoms with Gasteiger partial charge in [0.25, 0.3) is 0 Å². The number of ether oxygens (including phenoxy) is 1. The van der Waals surface area contributed by atoms with Crippen molar-refractivity contribution in [1.29, 1.82) is 5.26 Å². The van der Waals surface area contributed by atoms with Crippen LogP contribution in [0.25, 0.3) is 0 Å². The van der Waals surface area contributed by atoms with E-state index in [-0.39, 0.29) is 6.61 Å². The van der Waals surface area contributed by atoms with E-state index in [0.29, 0.717) is 13.1 Å². The number of nitrogens with zero attached hydrogens (tertiary/aromatic N) is 1. The normalized spacial score (nSPS) is 9.94. The summed E-state index contributed by atoms with van der Waals surface area (Å²) in [5.74, 6) is 1.64. The molecule has 0 atom stereocenters. The molecule has 0 saturated heterocycles. The van der Waals surface area contributed by atoms with Crippen LogP contribution in [0.15, 0.2) is 47.1 Å². The van der Waals surface area contributed by atoms with Crippen molar-refractivity contribution in [3.8, 4) is 11.8 Å². The summed E-state index contributed by atoms with van der Waals surface area (Å²) in [5, 5.41) is 11.8. The van der Waals surface area contributed by atoms with E-state index >= 15 is 0 Å². The maximum absolute atomic E-state index is 8.52. The van der Waals surface area contributed by atoms with Crippen LogP contribution in [0, 0.1) is 11.3 Å². The molecule has 1 N–H and O–H groups in total. The minimum Gasteiger partial charge on any atom is -0.478 e. The van der Waals surface area contributed by atoms with Gasteiger partial charge in [0.05, 0.1) is 12.8 Å². The molecule has 92 valence electrons. The summed E-state index contributed by atoms with van der Waals surface area (Å²) in [5.41, 5.74) is 1.03. The lowest BCUT2D eigenvalue weighted by atomic mass is 10.2. The predicted octanol–water partition coefficient (Wildman–Crippen LogP) is 2.47. The highest BCUT2D eigenvalue weighted by Crippen LogP contribution is 2.17. The Morgan fingerprint density at radius 1 is 1.17 bits per heavy atom. The molecule has 2 rings (SSSR count). The van der Waals surface area contributed by atoms with Crippen LogP contribution in [-0.4, -0.2) is 6.61 Å². The number of nitriles is 1. The third-order valence-electron chi connectivity index (χ3n) is 2.46. The van der Waals surface area contributed by atoms with Crippen LogP contribution in [0.4, 0.5) is 0 Å². The van der Waals surface area contributed by atoms with Gasteiger partial charge in [-0.2, -0.15) is 5.26 Å². The molecule has 1 aromatic carbocycles. The number of para-hydroxylation sites is 1. The SMILES string of the molecule is N#CCOc1ccccc1CNCc1ccco1. The molecule has 0 aliphatic heterocycles. The number of rotatable bonds is 6. The summed E-state index contributed by atoms with van der Waals surface area (Å²) in [6, 6.07) is 13.4. The van der Waals surface area contributed by atoms with Gasteiger partial charge in [0.15, 0.2) is 6.61 Å². The van der Waals surface area contributed by atoms with E-state index in [1.165, 1.54) is 0 Å². The molecule has 18 heavy (non-hydrogen) atoms. The van der Waals surface area contributed by atoms with Gasteiger partial charge in [0.2, 0.25) is 0 Å². The highest BCUT2D eigenvalue weighted by molar-refractivity contribution is 5.33. The van der Waals surface area contributed by atoms with E-state index in [1.807, 2.05) is 42.5 Å². The Kier molecular flexibility index (Phi) is 4.39. The molecule has 0 radical (unpaired) electrons. The van der Waals surface area contributed by atoms with Crippen molar-refractivity contribution >= 4 is 0 Å². The lowest BCUT2D eigenvalue weighted by Gasteiger charge is -2.09. The van der Waals surface area contributed by atoms with Gasteiger partial charge in [-0.25, -0.2) is 0 Å². The summed E-state index contributed by atoms with van der Waals surface area (Å²) < 4.78 is 10.6. The Balaban J connectivity index is 1.90. The molecule has 2 aromatic rings. The first-order valence-corrected chi connectivity index (χ1v) is 5.71. The zero-order valence-electron chi connectivity index (χ0n) is 9.93. The van der Waals surface area contributed by atoms with Crippen molar-refractivity contribution in [3.63, 3.8) is 0 Å². The average molecular weight is 242 g/mol. The number of hydrogen-bond acceptors (Lipinski definition) is 4. The molecule has 0 fully saturated rings. The monoisotopic (exact) mass is 242 g/mol. The van der Waals surface area contributed by atoms with Crippen LogP contribution in [0.5, 0.6) is 5.75 Å². The summed E-state index contributed by atoms with van der Waals surface area (Å²) >= 11 is 0. The van der Waals surface area contributed by atoms with Crippen molar-refractivity contribution in [3.05, 3.63) is 54.0 Å². The molecule has 4 nitrogen and oxygen atoms in total. The van der Waals surface area contributed by atoms with Gasteiger partial charge in [-0.15, -0.1) is 0 Å². The summed E-state index contributed by atoms with van der Waals surface area (Å²) in [4.78, 5) is 0. The predicted molar refractivity (Wildman–Crippen MR) is 66.8 cm³/mol. The van der Waals surface area contributed by atoms with Crippen molar-refractivity contribution in [2.24, 2.45) is 0 Å².